The van der Waals surface area contributed by atoms with E-state index >= 15 is 0 Å². The average molecular weight is 246 g/mol. The Balaban J connectivity index is 2.48. The van der Waals surface area contributed by atoms with E-state index in [1.54, 1.807) is 13.3 Å². The number of aliphatic imine (C=N–C) groups is 1. The highest BCUT2D eigenvalue weighted by molar-refractivity contribution is 6.02. The lowest BCUT2D eigenvalue weighted by Gasteiger charge is -2.01. The molecule has 0 amide bonds. The van der Waals surface area contributed by atoms with Crippen molar-refractivity contribution in [3.63, 3.8) is 0 Å². The maximum atomic E-state index is 9.90. The van der Waals surface area contributed by atoms with Gasteiger partial charge in [0, 0.05) is 23.2 Å². The van der Waals surface area contributed by atoms with Crippen molar-refractivity contribution in [3.8, 4) is 11.6 Å². The Bertz CT molecular complexity index is 572. The normalized spacial score (nSPS) is 13.3. The fourth-order valence-electron chi connectivity index (χ4n) is 1.74. The number of methoxy groups -OCH3 is 1. The number of rotatable bonds is 4. The van der Waals surface area contributed by atoms with E-state index < -0.39 is 0 Å². The first-order valence-corrected chi connectivity index (χ1v) is 6.07. The first-order valence-electron chi connectivity index (χ1n) is 6.07. The molecule has 1 heterocycles. The van der Waals surface area contributed by atoms with E-state index in [4.69, 9.17) is 4.74 Å². The summed E-state index contributed by atoms with van der Waals surface area (Å²) < 4.78 is 5.19. The Morgan fingerprint density at radius 3 is 2.94 bits per heavy atom. The summed E-state index contributed by atoms with van der Waals surface area (Å²) in [6.45, 7) is 4.13. The molecule has 2 N–H and O–H groups in total. The van der Waals surface area contributed by atoms with Crippen LogP contribution in [0.25, 0.3) is 10.9 Å². The van der Waals surface area contributed by atoms with Gasteiger partial charge in [0.2, 0.25) is 0 Å². The summed E-state index contributed by atoms with van der Waals surface area (Å²) in [5, 5.41) is 10.8. The van der Waals surface area contributed by atoms with Crippen LogP contribution in [-0.2, 0) is 0 Å². The molecular weight excluding hydrogens is 228 g/mol. The molecule has 0 saturated carbocycles. The lowest BCUT2D eigenvalue weighted by Crippen LogP contribution is -1.95. The standard InChI is InChI=1S/C14H18N2O2/c1-4-9(2)15-8-12-11-7-10(18-3)5-6-13(11)16-14(12)17/h5-9,16-17H,4H2,1-3H3. The second-order valence-electron chi connectivity index (χ2n) is 4.33. The van der Waals surface area contributed by atoms with Crippen molar-refractivity contribution in [3.05, 3.63) is 23.8 Å². The minimum absolute atomic E-state index is 0.144. The number of benzene rings is 1. The van der Waals surface area contributed by atoms with Gasteiger partial charge in [0.1, 0.15) is 5.75 Å². The molecule has 0 fully saturated rings. The third kappa shape index (κ3) is 2.32. The largest absolute Gasteiger partial charge is 0.497 e. The molecule has 0 spiro atoms. The second-order valence-corrected chi connectivity index (χ2v) is 4.33. The third-order valence-electron chi connectivity index (χ3n) is 3.07. The molecule has 1 aromatic heterocycles. The molecule has 1 atom stereocenters. The van der Waals surface area contributed by atoms with Gasteiger partial charge < -0.3 is 14.8 Å². The average Bonchev–Trinajstić information content (AvgIpc) is 2.70. The van der Waals surface area contributed by atoms with E-state index in [1.165, 1.54) is 0 Å². The smallest absolute Gasteiger partial charge is 0.198 e. The van der Waals surface area contributed by atoms with Crippen molar-refractivity contribution in [2.75, 3.05) is 7.11 Å². The summed E-state index contributed by atoms with van der Waals surface area (Å²) in [6.07, 6.45) is 2.70. The number of fused-ring (bicyclic) bond motifs is 1. The van der Waals surface area contributed by atoms with Crippen LogP contribution >= 0.6 is 0 Å². The number of aromatic nitrogens is 1. The first-order chi connectivity index (χ1) is 8.65. The van der Waals surface area contributed by atoms with Crippen LogP contribution in [0.3, 0.4) is 0 Å². The minimum atomic E-state index is 0.144. The SMILES string of the molecule is CCC(C)N=Cc1c(O)[nH]c2ccc(OC)cc12. The van der Waals surface area contributed by atoms with E-state index in [0.717, 1.165) is 23.1 Å². The van der Waals surface area contributed by atoms with Gasteiger partial charge in [-0.3, -0.25) is 4.99 Å². The van der Waals surface area contributed by atoms with Gasteiger partial charge in [-0.15, -0.1) is 0 Å². The Kier molecular flexibility index (Phi) is 3.55. The van der Waals surface area contributed by atoms with Crippen LogP contribution in [0.5, 0.6) is 11.6 Å². The van der Waals surface area contributed by atoms with Crippen molar-refractivity contribution in [2.24, 2.45) is 4.99 Å². The molecule has 0 radical (unpaired) electrons. The molecule has 18 heavy (non-hydrogen) atoms. The van der Waals surface area contributed by atoms with E-state index in [1.807, 2.05) is 25.1 Å². The topological polar surface area (TPSA) is 57.6 Å². The monoisotopic (exact) mass is 246 g/mol. The third-order valence-corrected chi connectivity index (χ3v) is 3.07. The predicted octanol–water partition coefficient (Wildman–Crippen LogP) is 3.10. The number of aromatic hydroxyl groups is 1. The summed E-state index contributed by atoms with van der Waals surface area (Å²) in [5.41, 5.74) is 1.59. The number of nitrogens with one attached hydrogen (secondary N) is 1. The number of aromatic amines is 1. The highest BCUT2D eigenvalue weighted by Crippen LogP contribution is 2.28. The molecule has 1 aromatic carbocycles. The van der Waals surface area contributed by atoms with Crippen molar-refractivity contribution in [2.45, 2.75) is 26.3 Å². The van der Waals surface area contributed by atoms with Crippen LogP contribution < -0.4 is 4.74 Å². The van der Waals surface area contributed by atoms with Gasteiger partial charge >= 0.3 is 0 Å². The molecule has 96 valence electrons. The van der Waals surface area contributed by atoms with Gasteiger partial charge in [-0.2, -0.15) is 0 Å². The zero-order valence-corrected chi connectivity index (χ0v) is 10.9. The zero-order chi connectivity index (χ0) is 13.1. The molecule has 4 heteroatoms. The van der Waals surface area contributed by atoms with Gasteiger partial charge in [-0.1, -0.05) is 6.92 Å². The number of hydrogen-bond donors (Lipinski definition) is 2. The first kappa shape index (κ1) is 12.5. The highest BCUT2D eigenvalue weighted by Gasteiger charge is 2.09. The van der Waals surface area contributed by atoms with Crippen LogP contribution in [0.4, 0.5) is 0 Å². The molecule has 1 unspecified atom stereocenters. The van der Waals surface area contributed by atoms with Gasteiger partial charge in [0.15, 0.2) is 5.88 Å². The van der Waals surface area contributed by atoms with E-state index in [9.17, 15) is 5.11 Å². The molecule has 2 aromatic rings. The van der Waals surface area contributed by atoms with Crippen LogP contribution in [0, 0.1) is 0 Å². The summed E-state index contributed by atoms with van der Waals surface area (Å²) in [5.74, 6) is 0.907. The van der Waals surface area contributed by atoms with Crippen molar-refractivity contribution in [1.82, 2.24) is 4.98 Å². The zero-order valence-electron chi connectivity index (χ0n) is 10.9. The molecule has 4 nitrogen and oxygen atoms in total. The van der Waals surface area contributed by atoms with Crippen molar-refractivity contribution < 1.29 is 9.84 Å². The Morgan fingerprint density at radius 1 is 1.50 bits per heavy atom. The molecule has 2 rings (SSSR count). The van der Waals surface area contributed by atoms with Gasteiger partial charge in [-0.05, 0) is 31.5 Å². The van der Waals surface area contributed by atoms with Crippen molar-refractivity contribution in [1.29, 1.82) is 0 Å². The molecule has 0 aliphatic heterocycles. The summed E-state index contributed by atoms with van der Waals surface area (Å²) in [7, 11) is 1.63. The van der Waals surface area contributed by atoms with Gasteiger partial charge in [-0.25, -0.2) is 0 Å². The van der Waals surface area contributed by atoms with Crippen LogP contribution in [-0.4, -0.2) is 29.5 Å². The van der Waals surface area contributed by atoms with E-state index in [0.29, 0.717) is 5.56 Å². The fraction of sp³-hybridized carbons (Fsp3) is 0.357. The number of H-pyrrole nitrogens is 1. The molecule has 0 bridgehead atoms. The Morgan fingerprint density at radius 2 is 2.28 bits per heavy atom. The fourth-order valence-corrected chi connectivity index (χ4v) is 1.74. The molecule has 0 saturated heterocycles. The van der Waals surface area contributed by atoms with Gasteiger partial charge in [0.25, 0.3) is 0 Å². The maximum Gasteiger partial charge on any atom is 0.198 e. The van der Waals surface area contributed by atoms with Crippen LogP contribution in [0.1, 0.15) is 25.8 Å². The van der Waals surface area contributed by atoms with E-state index in [2.05, 4.69) is 16.9 Å². The molecular formula is C14H18N2O2. The van der Waals surface area contributed by atoms with E-state index in [-0.39, 0.29) is 11.9 Å². The van der Waals surface area contributed by atoms with Crippen LogP contribution in [0.15, 0.2) is 23.2 Å². The lowest BCUT2D eigenvalue weighted by molar-refractivity contribution is 0.415. The minimum Gasteiger partial charge on any atom is -0.497 e. The highest BCUT2D eigenvalue weighted by atomic mass is 16.5. The quantitative estimate of drug-likeness (QED) is 0.814. The molecule has 0 aliphatic carbocycles. The van der Waals surface area contributed by atoms with Crippen LogP contribution in [0.2, 0.25) is 0 Å². The predicted molar refractivity (Wildman–Crippen MR) is 73.9 cm³/mol. The Hall–Kier alpha value is -1.97. The number of nitrogens with zero attached hydrogens (tertiary/aromatic N) is 1. The number of hydrogen-bond acceptors (Lipinski definition) is 3. The summed E-state index contributed by atoms with van der Waals surface area (Å²) >= 11 is 0. The van der Waals surface area contributed by atoms with Crippen molar-refractivity contribution >= 4 is 17.1 Å². The number of ether oxygens (including phenoxy) is 1. The summed E-state index contributed by atoms with van der Waals surface area (Å²) in [4.78, 5) is 7.33. The van der Waals surface area contributed by atoms with Gasteiger partial charge in [0.05, 0.1) is 12.7 Å². The maximum absolute atomic E-state index is 9.90. The molecule has 0 aliphatic rings. The Labute approximate surface area is 106 Å². The second kappa shape index (κ2) is 5.12. The summed E-state index contributed by atoms with van der Waals surface area (Å²) in [6, 6.07) is 5.88. The lowest BCUT2D eigenvalue weighted by atomic mass is 10.1.